The van der Waals surface area contributed by atoms with Crippen LogP contribution in [0, 0.1) is 0 Å². The van der Waals surface area contributed by atoms with E-state index in [1.807, 2.05) is 0 Å². The lowest BCUT2D eigenvalue weighted by Crippen LogP contribution is -2.19. The van der Waals surface area contributed by atoms with E-state index >= 15 is 0 Å². The van der Waals surface area contributed by atoms with E-state index in [1.54, 1.807) is 0 Å². The molecule has 0 aromatic heterocycles. The fraction of sp³-hybridized carbons (Fsp3) is 0.833. The summed E-state index contributed by atoms with van der Waals surface area (Å²) in [5.74, 6) is 0.256. The Morgan fingerprint density at radius 3 is 2.91 bits per heavy atom. The van der Waals surface area contributed by atoms with Crippen LogP contribution in [0.2, 0.25) is 0 Å². The van der Waals surface area contributed by atoms with Gasteiger partial charge in [0.05, 0.1) is 6.10 Å². The summed E-state index contributed by atoms with van der Waals surface area (Å²) >= 11 is 0. The van der Waals surface area contributed by atoms with E-state index in [-0.39, 0.29) is 24.3 Å². The Labute approximate surface area is 71.8 Å². The van der Waals surface area contributed by atoms with Crippen molar-refractivity contribution in [2.45, 2.75) is 25.4 Å². The quantitative estimate of drug-likeness (QED) is 0.285. The Morgan fingerprint density at radius 2 is 2.45 bits per heavy atom. The Hall–Kier alpha value is -0.480. The van der Waals surface area contributed by atoms with Crippen molar-refractivity contribution in [2.75, 3.05) is 6.61 Å². The molecule has 1 aliphatic rings. The van der Waals surface area contributed by atoms with Crippen LogP contribution >= 0.6 is 12.4 Å². The summed E-state index contributed by atoms with van der Waals surface area (Å²) in [6.07, 6.45) is 2.84. The van der Waals surface area contributed by atoms with Gasteiger partial charge in [0.25, 0.3) is 0 Å². The molecule has 1 saturated heterocycles. The highest BCUT2D eigenvalue weighted by Crippen LogP contribution is 2.14. The standard InChI is InChI=1S/C6H12N2O2.ClH/c7-6(8-9)4-5-2-1-3-10-5;/h5,9H,1-4H2,(H2,7,8);1H. The van der Waals surface area contributed by atoms with Crippen molar-refractivity contribution in [2.24, 2.45) is 10.9 Å². The number of halogens is 1. The molecule has 0 aromatic rings. The van der Waals surface area contributed by atoms with Crippen LogP contribution in [0.3, 0.4) is 0 Å². The highest BCUT2D eigenvalue weighted by atomic mass is 35.5. The van der Waals surface area contributed by atoms with Gasteiger partial charge in [0.2, 0.25) is 0 Å². The third-order valence-corrected chi connectivity index (χ3v) is 1.59. The summed E-state index contributed by atoms with van der Waals surface area (Å²) in [7, 11) is 0. The van der Waals surface area contributed by atoms with Crippen molar-refractivity contribution < 1.29 is 9.94 Å². The van der Waals surface area contributed by atoms with Crippen LogP contribution in [-0.2, 0) is 4.74 Å². The third kappa shape index (κ3) is 3.43. The zero-order chi connectivity index (χ0) is 7.40. The molecule has 1 aliphatic heterocycles. The fourth-order valence-corrected chi connectivity index (χ4v) is 1.08. The summed E-state index contributed by atoms with van der Waals surface area (Å²) in [6, 6.07) is 0. The number of hydrogen-bond donors (Lipinski definition) is 2. The molecule has 66 valence electrons. The number of hydrogen-bond acceptors (Lipinski definition) is 3. The van der Waals surface area contributed by atoms with Gasteiger partial charge in [-0.05, 0) is 12.8 Å². The van der Waals surface area contributed by atoms with E-state index in [0.717, 1.165) is 19.4 Å². The molecule has 0 saturated carbocycles. The van der Waals surface area contributed by atoms with E-state index in [9.17, 15) is 0 Å². The van der Waals surface area contributed by atoms with Crippen molar-refractivity contribution in [3.63, 3.8) is 0 Å². The number of ether oxygens (including phenoxy) is 1. The summed E-state index contributed by atoms with van der Waals surface area (Å²) in [5.41, 5.74) is 5.27. The molecule has 0 aromatic carbocycles. The Kier molecular flexibility index (Phi) is 4.98. The van der Waals surface area contributed by atoms with Gasteiger partial charge in [0.15, 0.2) is 0 Å². The maximum Gasteiger partial charge on any atom is 0.141 e. The minimum absolute atomic E-state index is 0. The zero-order valence-corrected chi connectivity index (χ0v) is 7.01. The SMILES string of the molecule is Cl.NC(CC1CCCO1)=NO. The first kappa shape index (κ1) is 10.5. The van der Waals surface area contributed by atoms with E-state index < -0.39 is 0 Å². The molecule has 1 atom stereocenters. The van der Waals surface area contributed by atoms with Crippen LogP contribution in [-0.4, -0.2) is 23.8 Å². The monoisotopic (exact) mass is 180 g/mol. The molecule has 1 unspecified atom stereocenters. The molecule has 0 amide bonds. The summed E-state index contributed by atoms with van der Waals surface area (Å²) in [5, 5.41) is 11.1. The number of amidine groups is 1. The molecule has 0 aliphatic carbocycles. The van der Waals surface area contributed by atoms with Crippen LogP contribution < -0.4 is 5.73 Å². The smallest absolute Gasteiger partial charge is 0.141 e. The van der Waals surface area contributed by atoms with Crippen molar-refractivity contribution >= 4 is 18.2 Å². The molecule has 11 heavy (non-hydrogen) atoms. The number of nitrogens with zero attached hydrogens (tertiary/aromatic N) is 1. The first-order valence-corrected chi connectivity index (χ1v) is 3.41. The minimum atomic E-state index is 0. The summed E-state index contributed by atoms with van der Waals surface area (Å²) in [6.45, 7) is 0.809. The summed E-state index contributed by atoms with van der Waals surface area (Å²) in [4.78, 5) is 0. The molecular formula is C6H13ClN2O2. The zero-order valence-electron chi connectivity index (χ0n) is 6.19. The first-order chi connectivity index (χ1) is 4.83. The molecule has 0 spiro atoms. The lowest BCUT2D eigenvalue weighted by atomic mass is 10.2. The van der Waals surface area contributed by atoms with E-state index in [2.05, 4.69) is 5.16 Å². The van der Waals surface area contributed by atoms with Crippen molar-refractivity contribution in [3.05, 3.63) is 0 Å². The van der Waals surface area contributed by atoms with Gasteiger partial charge in [-0.1, -0.05) is 5.16 Å². The lowest BCUT2D eigenvalue weighted by Gasteiger charge is -2.05. The van der Waals surface area contributed by atoms with Crippen molar-refractivity contribution in [1.82, 2.24) is 0 Å². The second kappa shape index (κ2) is 5.21. The molecule has 3 N–H and O–H groups in total. The normalized spacial score (nSPS) is 24.7. The Bertz CT molecular complexity index is 135. The second-order valence-corrected chi connectivity index (χ2v) is 2.43. The predicted molar refractivity (Wildman–Crippen MR) is 44.2 cm³/mol. The molecule has 0 radical (unpaired) electrons. The molecular weight excluding hydrogens is 168 g/mol. The van der Waals surface area contributed by atoms with Gasteiger partial charge in [0, 0.05) is 13.0 Å². The molecule has 5 heteroatoms. The summed E-state index contributed by atoms with van der Waals surface area (Å²) < 4.78 is 5.25. The van der Waals surface area contributed by atoms with Crippen LogP contribution in [0.5, 0.6) is 0 Å². The van der Waals surface area contributed by atoms with Crippen LogP contribution in [0.1, 0.15) is 19.3 Å². The van der Waals surface area contributed by atoms with E-state index in [0.29, 0.717) is 6.42 Å². The molecule has 0 bridgehead atoms. The number of rotatable bonds is 2. The second-order valence-electron chi connectivity index (χ2n) is 2.43. The number of nitrogens with two attached hydrogens (primary N) is 1. The van der Waals surface area contributed by atoms with Gasteiger partial charge < -0.3 is 15.7 Å². The van der Waals surface area contributed by atoms with Gasteiger partial charge in [-0.3, -0.25) is 0 Å². The maximum absolute atomic E-state index is 8.20. The van der Waals surface area contributed by atoms with E-state index in [4.69, 9.17) is 15.7 Å². The minimum Gasteiger partial charge on any atom is -0.409 e. The van der Waals surface area contributed by atoms with Gasteiger partial charge in [0.1, 0.15) is 5.84 Å². The largest absolute Gasteiger partial charge is 0.409 e. The lowest BCUT2D eigenvalue weighted by molar-refractivity contribution is 0.115. The van der Waals surface area contributed by atoms with Gasteiger partial charge in [-0.25, -0.2) is 0 Å². The molecule has 4 nitrogen and oxygen atoms in total. The number of oxime groups is 1. The highest BCUT2D eigenvalue weighted by molar-refractivity contribution is 5.85. The Morgan fingerprint density at radius 1 is 1.73 bits per heavy atom. The van der Waals surface area contributed by atoms with Gasteiger partial charge in [-0.2, -0.15) is 0 Å². The molecule has 1 heterocycles. The average molecular weight is 181 g/mol. The van der Waals surface area contributed by atoms with Gasteiger partial charge >= 0.3 is 0 Å². The van der Waals surface area contributed by atoms with Crippen LogP contribution in [0.15, 0.2) is 5.16 Å². The third-order valence-electron chi connectivity index (χ3n) is 1.59. The Balaban J connectivity index is 0.000001000. The van der Waals surface area contributed by atoms with Crippen LogP contribution in [0.4, 0.5) is 0 Å². The van der Waals surface area contributed by atoms with E-state index in [1.165, 1.54) is 0 Å². The predicted octanol–water partition coefficient (Wildman–Crippen LogP) is 0.724. The fourth-order valence-electron chi connectivity index (χ4n) is 1.08. The van der Waals surface area contributed by atoms with Crippen molar-refractivity contribution in [3.8, 4) is 0 Å². The molecule has 1 rings (SSSR count). The van der Waals surface area contributed by atoms with Crippen molar-refractivity contribution in [1.29, 1.82) is 0 Å². The van der Waals surface area contributed by atoms with Crippen LogP contribution in [0.25, 0.3) is 0 Å². The average Bonchev–Trinajstić information content (AvgIpc) is 2.40. The maximum atomic E-state index is 8.20. The first-order valence-electron chi connectivity index (χ1n) is 3.41. The topological polar surface area (TPSA) is 67.8 Å². The highest BCUT2D eigenvalue weighted by Gasteiger charge is 2.16. The van der Waals surface area contributed by atoms with Gasteiger partial charge in [-0.15, -0.1) is 12.4 Å². The molecule has 1 fully saturated rings.